The summed E-state index contributed by atoms with van der Waals surface area (Å²) in [5, 5.41) is 1.07. The van der Waals surface area contributed by atoms with Crippen LogP contribution in [0.25, 0.3) is 16.4 Å². The van der Waals surface area contributed by atoms with Gasteiger partial charge >= 0.3 is 0 Å². The molecule has 1 aromatic heterocycles. The summed E-state index contributed by atoms with van der Waals surface area (Å²) in [7, 11) is 4.81. The fourth-order valence-corrected chi connectivity index (χ4v) is 5.85. The van der Waals surface area contributed by atoms with Crippen LogP contribution in [0, 0.1) is 6.92 Å². The average molecular weight is 422 g/mol. The summed E-state index contributed by atoms with van der Waals surface area (Å²) in [6.45, 7) is 3.92. The van der Waals surface area contributed by atoms with E-state index in [1.54, 1.807) is 6.08 Å². The quantitative estimate of drug-likeness (QED) is 0.705. The van der Waals surface area contributed by atoms with E-state index in [2.05, 4.69) is 41.0 Å². The number of aryl methyl sites for hydroxylation is 1. The van der Waals surface area contributed by atoms with Gasteiger partial charge in [0.05, 0.1) is 11.5 Å². The van der Waals surface area contributed by atoms with Crippen LogP contribution in [-0.4, -0.2) is 64.6 Å². The number of allylic oxidation sites excluding steroid dienone is 1. The minimum Gasteiger partial charge on any atom is -0.441 e. The molecule has 0 aliphatic carbocycles. The molecule has 4 heterocycles. The number of hydrogen-bond donors (Lipinski definition) is 0. The third-order valence-electron chi connectivity index (χ3n) is 6.21. The molecule has 6 nitrogen and oxygen atoms in total. The van der Waals surface area contributed by atoms with Crippen molar-refractivity contribution in [1.82, 2.24) is 19.7 Å². The lowest BCUT2D eigenvalue weighted by Gasteiger charge is -2.40. The third kappa shape index (κ3) is 3.59. The maximum Gasteiger partial charge on any atom is 0.252 e. The zero-order valence-corrected chi connectivity index (χ0v) is 18.6. The summed E-state index contributed by atoms with van der Waals surface area (Å²) in [6.07, 6.45) is 10.5. The van der Waals surface area contributed by atoms with Gasteiger partial charge in [0.1, 0.15) is 5.52 Å². The molecule has 7 heteroatoms. The Morgan fingerprint density at radius 1 is 1.23 bits per heavy atom. The molecule has 0 N–H and O–H groups in total. The van der Waals surface area contributed by atoms with Gasteiger partial charge < -0.3 is 19.1 Å². The van der Waals surface area contributed by atoms with Gasteiger partial charge in [-0.15, -0.1) is 0 Å². The fraction of sp³-hybridized carbons (Fsp3) is 0.391. The molecule has 0 bridgehead atoms. The van der Waals surface area contributed by atoms with E-state index >= 15 is 0 Å². The van der Waals surface area contributed by atoms with Crippen molar-refractivity contribution in [1.29, 1.82) is 0 Å². The van der Waals surface area contributed by atoms with Crippen LogP contribution in [-0.2, 0) is 4.79 Å². The van der Waals surface area contributed by atoms with Crippen LogP contribution in [0.3, 0.4) is 0 Å². The molecule has 1 amide bonds. The predicted octanol–water partition coefficient (Wildman–Crippen LogP) is 3.76. The Kier molecular flexibility index (Phi) is 5.00. The largest absolute Gasteiger partial charge is 0.441 e. The summed E-state index contributed by atoms with van der Waals surface area (Å²) in [5.41, 5.74) is 3.82. The number of benzene rings is 1. The van der Waals surface area contributed by atoms with Gasteiger partial charge in [-0.3, -0.25) is 4.79 Å². The second-order valence-electron chi connectivity index (χ2n) is 8.40. The fourth-order valence-electron chi connectivity index (χ4n) is 4.47. The van der Waals surface area contributed by atoms with E-state index in [9.17, 15) is 4.79 Å². The number of likely N-dealkylation sites (tertiary alicyclic amines) is 1. The standard InChI is InChI=1S/C23H27N4O2P/c1-15-24-19-6-4-16(12-20(19)29-15)21-13-22(28)27-14-18(5-7-23(27)30-21)26-10-8-17(9-11-26)25(2)3/h4-7,12-14,17,23,30H,8-11H2,1-3H3. The molecule has 0 saturated carbocycles. The predicted molar refractivity (Wildman–Crippen MR) is 121 cm³/mol. The van der Waals surface area contributed by atoms with Crippen molar-refractivity contribution in [3.05, 3.63) is 59.8 Å². The molecule has 1 aromatic carbocycles. The van der Waals surface area contributed by atoms with Crippen molar-refractivity contribution < 1.29 is 9.21 Å². The van der Waals surface area contributed by atoms with Gasteiger partial charge in [0.25, 0.3) is 5.91 Å². The molecule has 1 fully saturated rings. The van der Waals surface area contributed by atoms with Crippen molar-refractivity contribution in [3.8, 4) is 0 Å². The van der Waals surface area contributed by atoms with Gasteiger partial charge in [0, 0.05) is 38.3 Å². The van der Waals surface area contributed by atoms with Crippen molar-refractivity contribution >= 4 is 30.9 Å². The van der Waals surface area contributed by atoms with Crippen LogP contribution in [0.1, 0.15) is 24.3 Å². The monoisotopic (exact) mass is 422 g/mol. The van der Waals surface area contributed by atoms with Crippen molar-refractivity contribution in [2.24, 2.45) is 0 Å². The number of carbonyl (C=O) groups is 1. The molecular weight excluding hydrogens is 395 g/mol. The van der Waals surface area contributed by atoms with E-state index in [0.717, 1.165) is 53.6 Å². The lowest BCUT2D eigenvalue weighted by atomic mass is 10.0. The molecule has 1 saturated heterocycles. The summed E-state index contributed by atoms with van der Waals surface area (Å²) in [5.74, 6) is 0.798. The van der Waals surface area contributed by atoms with E-state index in [1.807, 2.05) is 36.2 Å². The first-order valence-corrected chi connectivity index (χ1v) is 11.6. The van der Waals surface area contributed by atoms with Crippen molar-refractivity contribution in [2.75, 3.05) is 27.2 Å². The zero-order valence-electron chi connectivity index (χ0n) is 17.6. The van der Waals surface area contributed by atoms with Crippen LogP contribution < -0.4 is 0 Å². The average Bonchev–Trinajstić information content (AvgIpc) is 3.12. The Hall–Kier alpha value is -2.43. The third-order valence-corrected chi connectivity index (χ3v) is 7.72. The van der Waals surface area contributed by atoms with Gasteiger partial charge in [-0.25, -0.2) is 4.98 Å². The molecule has 5 rings (SSSR count). The number of piperidine rings is 1. The van der Waals surface area contributed by atoms with Crippen LogP contribution in [0.5, 0.6) is 0 Å². The summed E-state index contributed by atoms with van der Waals surface area (Å²) < 4.78 is 5.67. The van der Waals surface area contributed by atoms with E-state index in [4.69, 9.17) is 4.42 Å². The molecule has 2 aromatic rings. The number of fused-ring (bicyclic) bond motifs is 2. The number of rotatable bonds is 3. The molecule has 30 heavy (non-hydrogen) atoms. The van der Waals surface area contributed by atoms with Crippen LogP contribution in [0.4, 0.5) is 0 Å². The number of nitrogens with zero attached hydrogens (tertiary/aromatic N) is 4. The van der Waals surface area contributed by atoms with E-state index < -0.39 is 0 Å². The van der Waals surface area contributed by atoms with Gasteiger partial charge in [-0.1, -0.05) is 20.7 Å². The lowest BCUT2D eigenvalue weighted by molar-refractivity contribution is -0.123. The van der Waals surface area contributed by atoms with Crippen LogP contribution in [0.15, 0.2) is 52.7 Å². The zero-order chi connectivity index (χ0) is 20.8. The molecular formula is C23H27N4O2P. The number of hydrogen-bond acceptors (Lipinski definition) is 5. The minimum atomic E-state index is 0.0487. The highest BCUT2D eigenvalue weighted by Gasteiger charge is 2.30. The number of aromatic nitrogens is 1. The Morgan fingerprint density at radius 3 is 2.80 bits per heavy atom. The van der Waals surface area contributed by atoms with Gasteiger partial charge in [0.15, 0.2) is 11.5 Å². The first-order chi connectivity index (χ1) is 14.5. The summed E-state index contributed by atoms with van der Waals surface area (Å²) >= 11 is 0. The molecule has 2 atom stereocenters. The molecule has 3 aliphatic heterocycles. The highest BCUT2D eigenvalue weighted by atomic mass is 31.1. The molecule has 3 aliphatic rings. The molecule has 0 radical (unpaired) electrons. The Bertz CT molecular complexity index is 1080. The van der Waals surface area contributed by atoms with E-state index in [-0.39, 0.29) is 11.7 Å². The SMILES string of the molecule is Cc1nc2ccc(C3=CC(=O)N4C=C(N5CCC(N(C)C)CC5)C=CC4P3)cc2o1. The van der Waals surface area contributed by atoms with E-state index in [1.165, 1.54) is 0 Å². The topological polar surface area (TPSA) is 52.8 Å². The Labute approximate surface area is 178 Å². The van der Waals surface area contributed by atoms with E-state index in [0.29, 0.717) is 20.5 Å². The van der Waals surface area contributed by atoms with Gasteiger partial charge in [0.2, 0.25) is 0 Å². The maximum atomic E-state index is 13.0. The highest BCUT2D eigenvalue weighted by Crippen LogP contribution is 2.45. The first-order valence-electron chi connectivity index (χ1n) is 10.5. The normalized spacial score (nSPS) is 23.3. The number of oxazole rings is 1. The van der Waals surface area contributed by atoms with Crippen molar-refractivity contribution in [2.45, 2.75) is 31.6 Å². The Morgan fingerprint density at radius 2 is 2.03 bits per heavy atom. The van der Waals surface area contributed by atoms with Gasteiger partial charge in [-0.2, -0.15) is 0 Å². The van der Waals surface area contributed by atoms with Crippen LogP contribution in [0.2, 0.25) is 0 Å². The number of amides is 1. The van der Waals surface area contributed by atoms with Crippen molar-refractivity contribution in [3.63, 3.8) is 0 Å². The molecule has 156 valence electrons. The summed E-state index contributed by atoms with van der Waals surface area (Å²) in [4.78, 5) is 23.9. The molecule has 2 unspecified atom stereocenters. The second kappa shape index (κ2) is 7.68. The van der Waals surface area contributed by atoms with Gasteiger partial charge in [-0.05, 0) is 56.0 Å². The minimum absolute atomic E-state index is 0.0487. The maximum absolute atomic E-state index is 13.0. The number of carbonyl (C=O) groups excluding carboxylic acids is 1. The molecule has 0 spiro atoms. The Balaban J connectivity index is 1.34. The van der Waals surface area contributed by atoms with Crippen LogP contribution >= 0.6 is 8.58 Å². The highest BCUT2D eigenvalue weighted by molar-refractivity contribution is 7.51. The smallest absolute Gasteiger partial charge is 0.252 e. The summed E-state index contributed by atoms with van der Waals surface area (Å²) in [6, 6.07) is 6.65. The second-order valence-corrected chi connectivity index (χ2v) is 9.82. The first kappa shape index (κ1) is 19.5. The lowest BCUT2D eigenvalue weighted by Crippen LogP contribution is -2.43.